The molecule has 0 aliphatic heterocycles. The maximum absolute atomic E-state index is 13.5. The van der Waals surface area contributed by atoms with Crippen LogP contribution in [0.1, 0.15) is 5.56 Å². The van der Waals surface area contributed by atoms with Gasteiger partial charge in [0.1, 0.15) is 11.0 Å². The van der Waals surface area contributed by atoms with Gasteiger partial charge in [0.15, 0.2) is 11.6 Å². The van der Waals surface area contributed by atoms with Gasteiger partial charge in [0.2, 0.25) is 0 Å². The number of pyridine rings is 1. The first kappa shape index (κ1) is 13.1. The summed E-state index contributed by atoms with van der Waals surface area (Å²) in [6.07, 6.45) is 0. The molecule has 0 fully saturated rings. The molecule has 6 heteroatoms. The van der Waals surface area contributed by atoms with Crippen molar-refractivity contribution in [2.45, 2.75) is 0 Å². The fourth-order valence-corrected chi connectivity index (χ4v) is 1.73. The molecule has 96 valence electrons. The Morgan fingerprint density at radius 1 is 1.37 bits per heavy atom. The van der Waals surface area contributed by atoms with E-state index in [0.717, 1.165) is 0 Å². The van der Waals surface area contributed by atoms with Crippen LogP contribution in [0.15, 0.2) is 30.3 Å². The van der Waals surface area contributed by atoms with Gasteiger partial charge in [0.25, 0.3) is 0 Å². The minimum atomic E-state index is -0.491. The number of rotatable bonds is 3. The van der Waals surface area contributed by atoms with Crippen molar-refractivity contribution in [1.82, 2.24) is 4.98 Å². The number of nitriles is 1. The lowest BCUT2D eigenvalue weighted by Gasteiger charge is -2.08. The molecule has 1 aromatic heterocycles. The predicted octanol–water partition coefficient (Wildman–Crippen LogP) is 3.50. The van der Waals surface area contributed by atoms with E-state index in [1.54, 1.807) is 6.07 Å². The van der Waals surface area contributed by atoms with Gasteiger partial charge in [-0.05, 0) is 24.3 Å². The van der Waals surface area contributed by atoms with E-state index in [4.69, 9.17) is 21.6 Å². The predicted molar refractivity (Wildman–Crippen MR) is 70.2 cm³/mol. The summed E-state index contributed by atoms with van der Waals surface area (Å²) in [5.74, 6) is 0.0333. The second-order valence-corrected chi connectivity index (χ2v) is 4.04. The highest BCUT2D eigenvalue weighted by Crippen LogP contribution is 2.24. The van der Waals surface area contributed by atoms with Crippen molar-refractivity contribution in [3.05, 3.63) is 46.9 Å². The first-order valence-electron chi connectivity index (χ1n) is 5.30. The van der Waals surface area contributed by atoms with Crippen LogP contribution >= 0.6 is 11.6 Å². The van der Waals surface area contributed by atoms with E-state index >= 15 is 0 Å². The topological polar surface area (TPSA) is 57.9 Å². The summed E-state index contributed by atoms with van der Waals surface area (Å²) in [5, 5.41) is 11.9. The number of hydrogen-bond acceptors (Lipinski definition) is 4. The van der Waals surface area contributed by atoms with Crippen molar-refractivity contribution in [2.24, 2.45) is 0 Å². The molecule has 0 saturated carbocycles. The van der Waals surface area contributed by atoms with Gasteiger partial charge in [-0.3, -0.25) is 0 Å². The molecule has 1 aromatic carbocycles. The Labute approximate surface area is 114 Å². The average molecular weight is 278 g/mol. The second-order valence-electron chi connectivity index (χ2n) is 3.65. The highest BCUT2D eigenvalue weighted by molar-refractivity contribution is 6.29. The number of aromatic nitrogens is 1. The van der Waals surface area contributed by atoms with E-state index in [1.165, 1.54) is 31.4 Å². The van der Waals surface area contributed by atoms with Gasteiger partial charge in [-0.15, -0.1) is 0 Å². The second kappa shape index (κ2) is 5.55. The monoisotopic (exact) mass is 277 g/mol. The number of nitrogens with one attached hydrogen (secondary N) is 1. The van der Waals surface area contributed by atoms with Crippen molar-refractivity contribution in [1.29, 1.82) is 5.26 Å². The molecule has 0 spiro atoms. The lowest BCUT2D eigenvalue weighted by Crippen LogP contribution is -1.96. The van der Waals surface area contributed by atoms with Gasteiger partial charge < -0.3 is 10.1 Å². The van der Waals surface area contributed by atoms with Crippen molar-refractivity contribution < 1.29 is 9.13 Å². The number of methoxy groups -OCH3 is 1. The van der Waals surface area contributed by atoms with Crippen molar-refractivity contribution >= 4 is 23.1 Å². The van der Waals surface area contributed by atoms with Crippen LogP contribution in [0.3, 0.4) is 0 Å². The SMILES string of the molecule is COc1ccc(Nc2cc(C#N)cc(Cl)n2)cc1F. The maximum Gasteiger partial charge on any atom is 0.167 e. The summed E-state index contributed by atoms with van der Waals surface area (Å²) in [4.78, 5) is 4.00. The van der Waals surface area contributed by atoms with Gasteiger partial charge in [0, 0.05) is 11.8 Å². The van der Waals surface area contributed by atoms with E-state index in [1.807, 2.05) is 6.07 Å². The summed E-state index contributed by atoms with van der Waals surface area (Å²) >= 11 is 5.78. The van der Waals surface area contributed by atoms with Crippen LogP contribution in [0.2, 0.25) is 5.15 Å². The smallest absolute Gasteiger partial charge is 0.167 e. The zero-order chi connectivity index (χ0) is 13.8. The summed E-state index contributed by atoms with van der Waals surface area (Å²) in [6.45, 7) is 0. The van der Waals surface area contributed by atoms with Crippen LogP contribution in [0.25, 0.3) is 0 Å². The summed E-state index contributed by atoms with van der Waals surface area (Å²) in [5.41, 5.74) is 0.855. The molecular weight excluding hydrogens is 269 g/mol. The molecule has 19 heavy (non-hydrogen) atoms. The molecule has 0 aliphatic carbocycles. The number of nitrogens with zero attached hydrogens (tertiary/aromatic N) is 2. The van der Waals surface area contributed by atoms with E-state index in [9.17, 15) is 4.39 Å². The molecule has 1 N–H and O–H groups in total. The molecule has 1 heterocycles. The first-order valence-corrected chi connectivity index (χ1v) is 5.68. The van der Waals surface area contributed by atoms with Crippen LogP contribution in [0, 0.1) is 17.1 Å². The molecule has 0 radical (unpaired) electrons. The molecule has 0 saturated heterocycles. The number of benzene rings is 1. The van der Waals surface area contributed by atoms with Gasteiger partial charge in [-0.2, -0.15) is 5.26 Å². The number of anilines is 2. The van der Waals surface area contributed by atoms with E-state index < -0.39 is 5.82 Å². The van der Waals surface area contributed by atoms with Gasteiger partial charge in [0.05, 0.1) is 18.7 Å². The Morgan fingerprint density at radius 2 is 2.16 bits per heavy atom. The van der Waals surface area contributed by atoms with Gasteiger partial charge in [-0.1, -0.05) is 11.6 Å². The number of halogens is 2. The van der Waals surface area contributed by atoms with E-state index in [2.05, 4.69) is 10.3 Å². The van der Waals surface area contributed by atoms with Crippen LogP contribution < -0.4 is 10.1 Å². The van der Waals surface area contributed by atoms with E-state index in [0.29, 0.717) is 17.1 Å². The highest BCUT2D eigenvalue weighted by Gasteiger charge is 2.05. The Balaban J connectivity index is 2.29. The minimum Gasteiger partial charge on any atom is -0.494 e. The zero-order valence-corrected chi connectivity index (χ0v) is 10.7. The molecule has 4 nitrogen and oxygen atoms in total. The summed E-state index contributed by atoms with van der Waals surface area (Å²) in [6, 6.07) is 9.33. The molecule has 0 aliphatic rings. The number of ether oxygens (including phenoxy) is 1. The van der Waals surface area contributed by atoms with Crippen LogP contribution in [-0.4, -0.2) is 12.1 Å². The Hall–Kier alpha value is -2.32. The minimum absolute atomic E-state index is 0.155. The first-order chi connectivity index (χ1) is 9.12. The zero-order valence-electron chi connectivity index (χ0n) is 9.95. The summed E-state index contributed by atoms with van der Waals surface area (Å²) < 4.78 is 18.3. The number of hydrogen-bond donors (Lipinski definition) is 1. The van der Waals surface area contributed by atoms with Crippen molar-refractivity contribution in [3.63, 3.8) is 0 Å². The Morgan fingerprint density at radius 3 is 2.79 bits per heavy atom. The molecule has 0 amide bonds. The van der Waals surface area contributed by atoms with Crippen molar-refractivity contribution in [3.8, 4) is 11.8 Å². The lowest BCUT2D eigenvalue weighted by molar-refractivity contribution is 0.386. The van der Waals surface area contributed by atoms with Crippen molar-refractivity contribution in [2.75, 3.05) is 12.4 Å². The van der Waals surface area contributed by atoms with Crippen LogP contribution in [0.4, 0.5) is 15.9 Å². The normalized spacial score (nSPS) is 9.79. The molecule has 0 atom stereocenters. The molecule has 0 unspecified atom stereocenters. The highest BCUT2D eigenvalue weighted by atomic mass is 35.5. The van der Waals surface area contributed by atoms with Crippen LogP contribution in [-0.2, 0) is 0 Å². The quantitative estimate of drug-likeness (QED) is 0.873. The fourth-order valence-electron chi connectivity index (χ4n) is 1.52. The Bertz CT molecular complexity index is 655. The lowest BCUT2D eigenvalue weighted by atomic mass is 10.2. The van der Waals surface area contributed by atoms with E-state index in [-0.39, 0.29) is 10.9 Å². The third-order valence-corrected chi connectivity index (χ3v) is 2.54. The molecule has 2 aromatic rings. The Kier molecular flexibility index (Phi) is 3.83. The summed E-state index contributed by atoms with van der Waals surface area (Å²) in [7, 11) is 1.39. The van der Waals surface area contributed by atoms with Gasteiger partial charge >= 0.3 is 0 Å². The van der Waals surface area contributed by atoms with Crippen LogP contribution in [0.5, 0.6) is 5.75 Å². The largest absolute Gasteiger partial charge is 0.494 e. The molecule has 0 bridgehead atoms. The third-order valence-electron chi connectivity index (χ3n) is 2.35. The average Bonchev–Trinajstić information content (AvgIpc) is 2.38. The third kappa shape index (κ3) is 3.12. The fraction of sp³-hybridized carbons (Fsp3) is 0.0769. The van der Waals surface area contributed by atoms with Gasteiger partial charge in [-0.25, -0.2) is 9.37 Å². The standard InChI is InChI=1S/C13H9ClFN3O/c1-19-11-3-2-9(6-10(11)15)17-13-5-8(7-16)4-12(14)18-13/h2-6H,1H3,(H,17,18). The maximum atomic E-state index is 13.5. The molecular formula is C13H9ClFN3O. The molecule has 2 rings (SSSR count).